The van der Waals surface area contributed by atoms with Gasteiger partial charge in [-0.15, -0.1) is 0 Å². The van der Waals surface area contributed by atoms with Gasteiger partial charge >= 0.3 is 0 Å². The summed E-state index contributed by atoms with van der Waals surface area (Å²) in [7, 11) is -1.96. The molecule has 0 bridgehead atoms. The van der Waals surface area contributed by atoms with Crippen LogP contribution in [0.3, 0.4) is 0 Å². The maximum Gasteiger partial charge on any atom is 0.242 e. The number of hydrogen-bond acceptors (Lipinski definition) is 3. The van der Waals surface area contributed by atoms with E-state index < -0.39 is 10.0 Å². The lowest BCUT2D eigenvalue weighted by Crippen LogP contribution is -2.34. The zero-order chi connectivity index (χ0) is 14.1. The van der Waals surface area contributed by atoms with E-state index in [1.807, 2.05) is 20.8 Å². The molecule has 1 aromatic rings. The van der Waals surface area contributed by atoms with Gasteiger partial charge in [0, 0.05) is 13.6 Å². The van der Waals surface area contributed by atoms with Crippen molar-refractivity contribution in [3.8, 4) is 0 Å². The molecule has 4 nitrogen and oxygen atoms in total. The second kappa shape index (κ2) is 5.07. The van der Waals surface area contributed by atoms with Crippen LogP contribution in [0.15, 0.2) is 23.1 Å². The first kappa shape index (κ1) is 15.3. The Morgan fingerprint density at radius 2 is 1.89 bits per heavy atom. The van der Waals surface area contributed by atoms with E-state index in [2.05, 4.69) is 0 Å². The van der Waals surface area contributed by atoms with Gasteiger partial charge < -0.3 is 5.73 Å². The zero-order valence-corrected chi connectivity index (χ0v) is 12.6. The van der Waals surface area contributed by atoms with Crippen LogP contribution in [0, 0.1) is 5.41 Å². The van der Waals surface area contributed by atoms with E-state index >= 15 is 0 Å². The average molecular weight is 291 g/mol. The van der Waals surface area contributed by atoms with Gasteiger partial charge in [-0.25, -0.2) is 12.7 Å². The molecule has 0 spiro atoms. The predicted molar refractivity (Wildman–Crippen MR) is 75.1 cm³/mol. The molecule has 0 radical (unpaired) electrons. The van der Waals surface area contributed by atoms with Crippen LogP contribution in [-0.4, -0.2) is 26.3 Å². The number of nitrogens with two attached hydrogens (primary N) is 1. The molecule has 0 aromatic heterocycles. The second-order valence-electron chi connectivity index (χ2n) is 5.51. The van der Waals surface area contributed by atoms with Gasteiger partial charge in [-0.2, -0.15) is 0 Å². The lowest BCUT2D eigenvalue weighted by atomic mass is 9.97. The molecule has 1 rings (SSSR count). The van der Waals surface area contributed by atoms with Gasteiger partial charge in [-0.1, -0.05) is 32.4 Å². The Balaban J connectivity index is 3.10. The summed E-state index contributed by atoms with van der Waals surface area (Å²) in [5.74, 6) is 0. The van der Waals surface area contributed by atoms with Crippen molar-refractivity contribution < 1.29 is 8.42 Å². The van der Waals surface area contributed by atoms with Crippen LogP contribution in [0.5, 0.6) is 0 Å². The Kier molecular flexibility index (Phi) is 4.30. The highest BCUT2D eigenvalue weighted by Crippen LogP contribution is 2.25. The average Bonchev–Trinajstić information content (AvgIpc) is 2.19. The number of sulfonamides is 1. The quantitative estimate of drug-likeness (QED) is 0.870. The molecule has 0 aliphatic heterocycles. The molecule has 1 aromatic carbocycles. The maximum atomic E-state index is 12.3. The van der Waals surface area contributed by atoms with Crippen molar-refractivity contribution in [3.05, 3.63) is 23.2 Å². The first-order valence-electron chi connectivity index (χ1n) is 5.55. The Hall–Kier alpha value is -0.780. The highest BCUT2D eigenvalue weighted by molar-refractivity contribution is 7.89. The number of anilines is 1. The van der Waals surface area contributed by atoms with Gasteiger partial charge in [-0.05, 0) is 23.6 Å². The number of halogens is 1. The normalized spacial score (nSPS) is 13.0. The van der Waals surface area contributed by atoms with E-state index in [-0.39, 0.29) is 15.3 Å². The minimum Gasteiger partial charge on any atom is -0.398 e. The maximum absolute atomic E-state index is 12.3. The van der Waals surface area contributed by atoms with Crippen molar-refractivity contribution in [2.24, 2.45) is 5.41 Å². The van der Waals surface area contributed by atoms with E-state index in [4.69, 9.17) is 17.3 Å². The van der Waals surface area contributed by atoms with Crippen molar-refractivity contribution in [2.75, 3.05) is 19.3 Å². The van der Waals surface area contributed by atoms with E-state index in [1.54, 1.807) is 7.05 Å². The molecule has 0 atom stereocenters. The van der Waals surface area contributed by atoms with Crippen molar-refractivity contribution in [1.29, 1.82) is 0 Å². The largest absolute Gasteiger partial charge is 0.398 e. The molecular formula is C12H19ClN2O2S. The number of nitrogen functional groups attached to an aromatic ring is 1. The van der Waals surface area contributed by atoms with E-state index in [0.29, 0.717) is 12.2 Å². The second-order valence-corrected chi connectivity index (χ2v) is 7.96. The van der Waals surface area contributed by atoms with Crippen molar-refractivity contribution >= 4 is 27.3 Å². The zero-order valence-electron chi connectivity index (χ0n) is 11.1. The minimum absolute atomic E-state index is 0.112. The lowest BCUT2D eigenvalue weighted by molar-refractivity contribution is 0.311. The number of hydrogen-bond donors (Lipinski definition) is 1. The van der Waals surface area contributed by atoms with E-state index in [0.717, 1.165) is 0 Å². The van der Waals surface area contributed by atoms with Crippen LogP contribution in [0.2, 0.25) is 5.02 Å². The Bertz CT molecular complexity index is 535. The molecule has 0 saturated heterocycles. The predicted octanol–water partition coefficient (Wildman–Crippen LogP) is 2.59. The first-order valence-corrected chi connectivity index (χ1v) is 7.37. The summed E-state index contributed by atoms with van der Waals surface area (Å²) in [5.41, 5.74) is 5.83. The van der Waals surface area contributed by atoms with Crippen LogP contribution < -0.4 is 5.73 Å². The Morgan fingerprint density at radius 1 is 1.33 bits per heavy atom. The fourth-order valence-corrected chi connectivity index (χ4v) is 3.27. The van der Waals surface area contributed by atoms with Gasteiger partial charge in [0.05, 0.1) is 15.6 Å². The summed E-state index contributed by atoms with van der Waals surface area (Å²) in [6.07, 6.45) is 0. The molecule has 0 fully saturated rings. The van der Waals surface area contributed by atoms with Crippen LogP contribution >= 0.6 is 11.6 Å². The molecule has 0 unspecified atom stereocenters. The molecule has 0 aliphatic rings. The highest BCUT2D eigenvalue weighted by atomic mass is 35.5. The number of rotatable bonds is 3. The minimum atomic E-state index is -3.52. The molecule has 18 heavy (non-hydrogen) atoms. The fraction of sp³-hybridized carbons (Fsp3) is 0.500. The molecule has 102 valence electrons. The van der Waals surface area contributed by atoms with Gasteiger partial charge in [0.2, 0.25) is 10.0 Å². The van der Waals surface area contributed by atoms with Gasteiger partial charge in [-0.3, -0.25) is 0 Å². The molecule has 6 heteroatoms. The van der Waals surface area contributed by atoms with Crippen molar-refractivity contribution in [3.63, 3.8) is 0 Å². The smallest absolute Gasteiger partial charge is 0.242 e. The van der Waals surface area contributed by atoms with Crippen LogP contribution in [0.25, 0.3) is 0 Å². The summed E-state index contributed by atoms with van der Waals surface area (Å²) in [4.78, 5) is 0.161. The molecule has 0 aliphatic carbocycles. The van der Waals surface area contributed by atoms with Crippen LogP contribution in [0.1, 0.15) is 20.8 Å². The Labute approximate surface area is 114 Å². The van der Waals surface area contributed by atoms with E-state index in [1.165, 1.54) is 22.5 Å². The summed E-state index contributed by atoms with van der Waals surface area (Å²) in [6.45, 7) is 6.37. The Morgan fingerprint density at radius 3 is 2.33 bits per heavy atom. The molecular weight excluding hydrogens is 272 g/mol. The SMILES string of the molecule is CN(CC(C)(C)C)S(=O)(=O)c1ccc(N)c(Cl)c1. The summed E-state index contributed by atoms with van der Waals surface area (Å²) in [6, 6.07) is 4.35. The third-order valence-electron chi connectivity index (χ3n) is 2.38. The third-order valence-corrected chi connectivity index (χ3v) is 4.50. The van der Waals surface area contributed by atoms with Gasteiger partial charge in [0.15, 0.2) is 0 Å². The van der Waals surface area contributed by atoms with E-state index in [9.17, 15) is 8.42 Å². The first-order chi connectivity index (χ1) is 8.04. The van der Waals surface area contributed by atoms with Crippen LogP contribution in [0.4, 0.5) is 5.69 Å². The molecule has 0 heterocycles. The number of nitrogens with zero attached hydrogens (tertiary/aromatic N) is 1. The third kappa shape index (κ3) is 3.60. The topological polar surface area (TPSA) is 63.4 Å². The summed E-state index contributed by atoms with van der Waals surface area (Å²) in [5, 5.41) is 0.250. The van der Waals surface area contributed by atoms with Gasteiger partial charge in [0.25, 0.3) is 0 Å². The standard InChI is InChI=1S/C12H19ClN2O2S/c1-12(2,3)8-15(4)18(16,17)9-5-6-11(14)10(13)7-9/h5-7H,8,14H2,1-4H3. The van der Waals surface area contributed by atoms with Crippen molar-refractivity contribution in [2.45, 2.75) is 25.7 Å². The van der Waals surface area contributed by atoms with Gasteiger partial charge in [0.1, 0.15) is 0 Å². The highest BCUT2D eigenvalue weighted by Gasteiger charge is 2.25. The fourth-order valence-electron chi connectivity index (χ4n) is 1.60. The van der Waals surface area contributed by atoms with Crippen LogP contribution in [-0.2, 0) is 10.0 Å². The van der Waals surface area contributed by atoms with Crippen molar-refractivity contribution in [1.82, 2.24) is 4.31 Å². The molecule has 0 amide bonds. The molecule has 0 saturated carbocycles. The number of benzene rings is 1. The lowest BCUT2D eigenvalue weighted by Gasteiger charge is -2.26. The summed E-state index contributed by atoms with van der Waals surface area (Å²) >= 11 is 5.85. The molecule has 2 N–H and O–H groups in total. The monoisotopic (exact) mass is 290 g/mol. The summed E-state index contributed by atoms with van der Waals surface area (Å²) < 4.78 is 25.9.